The zero-order valence-corrected chi connectivity index (χ0v) is 9.93. The van der Waals surface area contributed by atoms with Crippen molar-refractivity contribution in [3.05, 3.63) is 65.7 Å². The number of phenolic OH excluding ortho intramolecular Hbond substituents is 1. The highest BCUT2D eigenvalue weighted by molar-refractivity contribution is 5.35. The molecule has 0 saturated carbocycles. The summed E-state index contributed by atoms with van der Waals surface area (Å²) < 4.78 is 0. The molecule has 2 aromatic rings. The molecule has 0 bridgehead atoms. The number of phenols is 1. The summed E-state index contributed by atoms with van der Waals surface area (Å²) in [6.07, 6.45) is 0. The average molecular weight is 227 g/mol. The van der Waals surface area contributed by atoms with Crippen molar-refractivity contribution in [1.29, 1.82) is 0 Å². The van der Waals surface area contributed by atoms with Gasteiger partial charge in [-0.15, -0.1) is 0 Å². The normalized spacial score (nSPS) is 12.3. The van der Waals surface area contributed by atoms with Crippen LogP contribution in [0.25, 0.3) is 0 Å². The summed E-state index contributed by atoms with van der Waals surface area (Å²) >= 11 is 0. The van der Waals surface area contributed by atoms with Crippen molar-refractivity contribution >= 4 is 0 Å². The minimum Gasteiger partial charge on any atom is -0.508 e. The Kier molecular flexibility index (Phi) is 3.78. The summed E-state index contributed by atoms with van der Waals surface area (Å²) in [7, 11) is 1.95. The number of aromatic hydroxyl groups is 1. The maximum absolute atomic E-state index is 9.32. The lowest BCUT2D eigenvalue weighted by atomic mass is 9.91. The van der Waals surface area contributed by atoms with Crippen molar-refractivity contribution in [2.75, 3.05) is 13.6 Å². The summed E-state index contributed by atoms with van der Waals surface area (Å²) in [6.45, 7) is 0.884. The molecule has 0 fully saturated rings. The molecule has 0 aliphatic carbocycles. The third-order valence-electron chi connectivity index (χ3n) is 2.91. The van der Waals surface area contributed by atoms with Crippen LogP contribution in [0, 0.1) is 0 Å². The summed E-state index contributed by atoms with van der Waals surface area (Å²) in [4.78, 5) is 0. The van der Waals surface area contributed by atoms with Crippen LogP contribution in [0.5, 0.6) is 5.75 Å². The van der Waals surface area contributed by atoms with Crippen LogP contribution in [0.4, 0.5) is 0 Å². The minimum absolute atomic E-state index is 0.310. The first kappa shape index (κ1) is 11.7. The highest BCUT2D eigenvalue weighted by Crippen LogP contribution is 2.25. The molecule has 2 heteroatoms. The van der Waals surface area contributed by atoms with E-state index in [1.54, 1.807) is 12.1 Å². The van der Waals surface area contributed by atoms with E-state index in [9.17, 15) is 5.11 Å². The highest BCUT2D eigenvalue weighted by atomic mass is 16.3. The van der Waals surface area contributed by atoms with Crippen LogP contribution in [0.1, 0.15) is 17.0 Å². The van der Waals surface area contributed by atoms with Gasteiger partial charge in [-0.3, -0.25) is 0 Å². The molecule has 0 amide bonds. The second kappa shape index (κ2) is 5.51. The Morgan fingerprint density at radius 3 is 2.12 bits per heavy atom. The molecule has 0 spiro atoms. The number of rotatable bonds is 4. The predicted molar refractivity (Wildman–Crippen MR) is 70.3 cm³/mol. The largest absolute Gasteiger partial charge is 0.508 e. The molecule has 2 rings (SSSR count). The van der Waals surface area contributed by atoms with Crippen LogP contribution in [0.3, 0.4) is 0 Å². The molecule has 2 N–H and O–H groups in total. The lowest BCUT2D eigenvalue weighted by molar-refractivity contribution is 0.475. The molecule has 0 aliphatic heterocycles. The molecule has 0 aliphatic rings. The molecule has 0 saturated heterocycles. The lowest BCUT2D eigenvalue weighted by Gasteiger charge is -2.17. The van der Waals surface area contributed by atoms with Gasteiger partial charge in [0.2, 0.25) is 0 Å². The van der Waals surface area contributed by atoms with E-state index in [4.69, 9.17) is 0 Å². The topological polar surface area (TPSA) is 32.3 Å². The molecule has 0 radical (unpaired) electrons. The van der Waals surface area contributed by atoms with Crippen molar-refractivity contribution in [2.24, 2.45) is 0 Å². The summed E-state index contributed by atoms with van der Waals surface area (Å²) in [5, 5.41) is 12.5. The first-order chi connectivity index (χ1) is 8.31. The molecule has 0 aromatic heterocycles. The van der Waals surface area contributed by atoms with E-state index in [1.165, 1.54) is 11.1 Å². The number of benzene rings is 2. The number of likely N-dealkylation sites (N-methyl/N-ethyl adjacent to an activating group) is 1. The maximum Gasteiger partial charge on any atom is 0.115 e. The Labute approximate surface area is 102 Å². The van der Waals surface area contributed by atoms with Gasteiger partial charge in [0.05, 0.1) is 0 Å². The highest BCUT2D eigenvalue weighted by Gasteiger charge is 2.12. The minimum atomic E-state index is 0.310. The Morgan fingerprint density at radius 1 is 0.941 bits per heavy atom. The molecule has 2 aromatic carbocycles. The smallest absolute Gasteiger partial charge is 0.115 e. The predicted octanol–water partition coefficient (Wildman–Crippen LogP) is 2.74. The molecule has 17 heavy (non-hydrogen) atoms. The molecular weight excluding hydrogens is 210 g/mol. The van der Waals surface area contributed by atoms with Gasteiger partial charge in [0.25, 0.3) is 0 Å². The Hall–Kier alpha value is -1.80. The van der Waals surface area contributed by atoms with E-state index in [1.807, 2.05) is 25.2 Å². The number of hydrogen-bond acceptors (Lipinski definition) is 2. The standard InChI is InChI=1S/C15H17NO/c1-16-11-15(12-5-3-2-4-6-12)13-7-9-14(17)10-8-13/h2-10,15-17H,11H2,1H3. The molecule has 88 valence electrons. The van der Waals surface area contributed by atoms with Crippen molar-refractivity contribution < 1.29 is 5.11 Å². The van der Waals surface area contributed by atoms with Gasteiger partial charge in [0.1, 0.15) is 5.75 Å². The summed E-state index contributed by atoms with van der Waals surface area (Å²) in [5.74, 6) is 0.631. The van der Waals surface area contributed by atoms with Gasteiger partial charge in [-0.1, -0.05) is 42.5 Å². The van der Waals surface area contributed by atoms with Crippen molar-refractivity contribution in [3.8, 4) is 5.75 Å². The van der Waals surface area contributed by atoms with Crippen LogP contribution in [-0.2, 0) is 0 Å². The monoisotopic (exact) mass is 227 g/mol. The van der Waals surface area contributed by atoms with Gasteiger partial charge < -0.3 is 10.4 Å². The fourth-order valence-electron chi connectivity index (χ4n) is 2.02. The van der Waals surface area contributed by atoms with Crippen molar-refractivity contribution in [2.45, 2.75) is 5.92 Å². The van der Waals surface area contributed by atoms with Gasteiger partial charge in [0, 0.05) is 12.5 Å². The van der Waals surface area contributed by atoms with Crippen molar-refractivity contribution in [1.82, 2.24) is 5.32 Å². The maximum atomic E-state index is 9.32. The second-order valence-electron chi connectivity index (χ2n) is 4.11. The average Bonchev–Trinajstić information content (AvgIpc) is 2.38. The van der Waals surface area contributed by atoms with Gasteiger partial charge in [-0.25, -0.2) is 0 Å². The summed E-state index contributed by atoms with van der Waals surface area (Å²) in [5.41, 5.74) is 2.50. The quantitative estimate of drug-likeness (QED) is 0.841. The third-order valence-corrected chi connectivity index (χ3v) is 2.91. The SMILES string of the molecule is CNCC(c1ccccc1)c1ccc(O)cc1. The van der Waals surface area contributed by atoms with E-state index in [0.717, 1.165) is 6.54 Å². The third kappa shape index (κ3) is 2.86. The molecule has 2 nitrogen and oxygen atoms in total. The van der Waals surface area contributed by atoms with E-state index in [-0.39, 0.29) is 0 Å². The Balaban J connectivity index is 2.32. The molecule has 0 heterocycles. The number of hydrogen-bond donors (Lipinski definition) is 2. The lowest BCUT2D eigenvalue weighted by Crippen LogP contribution is -2.18. The Bertz CT molecular complexity index is 450. The van der Waals surface area contributed by atoms with Crippen LogP contribution >= 0.6 is 0 Å². The fourth-order valence-corrected chi connectivity index (χ4v) is 2.02. The van der Waals surface area contributed by atoms with E-state index >= 15 is 0 Å². The second-order valence-corrected chi connectivity index (χ2v) is 4.11. The van der Waals surface area contributed by atoms with E-state index in [2.05, 4.69) is 29.6 Å². The number of nitrogens with one attached hydrogen (secondary N) is 1. The summed E-state index contributed by atoms with van der Waals surface area (Å²) in [6, 6.07) is 17.8. The first-order valence-corrected chi connectivity index (χ1v) is 5.79. The van der Waals surface area contributed by atoms with Gasteiger partial charge in [-0.2, -0.15) is 0 Å². The molecular formula is C15H17NO. The first-order valence-electron chi connectivity index (χ1n) is 5.79. The zero-order valence-electron chi connectivity index (χ0n) is 9.93. The van der Waals surface area contributed by atoms with Gasteiger partial charge in [0.15, 0.2) is 0 Å². The van der Waals surface area contributed by atoms with Gasteiger partial charge >= 0.3 is 0 Å². The van der Waals surface area contributed by atoms with Gasteiger partial charge in [-0.05, 0) is 30.3 Å². The van der Waals surface area contributed by atoms with Crippen LogP contribution in [-0.4, -0.2) is 18.7 Å². The van der Waals surface area contributed by atoms with E-state index in [0.29, 0.717) is 11.7 Å². The zero-order chi connectivity index (χ0) is 12.1. The van der Waals surface area contributed by atoms with Crippen LogP contribution < -0.4 is 5.32 Å². The van der Waals surface area contributed by atoms with Crippen molar-refractivity contribution in [3.63, 3.8) is 0 Å². The van der Waals surface area contributed by atoms with E-state index < -0.39 is 0 Å². The molecule has 1 unspecified atom stereocenters. The molecule has 1 atom stereocenters. The van der Waals surface area contributed by atoms with Crippen LogP contribution in [0.15, 0.2) is 54.6 Å². The fraction of sp³-hybridized carbons (Fsp3) is 0.200. The Morgan fingerprint density at radius 2 is 1.53 bits per heavy atom. The van der Waals surface area contributed by atoms with Crippen LogP contribution in [0.2, 0.25) is 0 Å².